The smallest absolute Gasteiger partial charge is 0.317 e. The average Bonchev–Trinajstić information content (AvgIpc) is 2.49. The standard InChI is InChI=1S/C8H15N3O2/c12-8(10-6-4-9-5-6)11-7-2-1-3-13-7/h6-7,9H,1-5H2,(H2,10,11,12). The van der Waals surface area contributed by atoms with E-state index in [0.717, 1.165) is 32.5 Å². The van der Waals surface area contributed by atoms with E-state index < -0.39 is 0 Å². The van der Waals surface area contributed by atoms with Crippen molar-refractivity contribution in [1.29, 1.82) is 0 Å². The summed E-state index contributed by atoms with van der Waals surface area (Å²) < 4.78 is 5.27. The maximum absolute atomic E-state index is 11.3. The van der Waals surface area contributed by atoms with Crippen molar-refractivity contribution in [3.63, 3.8) is 0 Å². The zero-order chi connectivity index (χ0) is 9.10. The Balaban J connectivity index is 1.64. The molecule has 0 bridgehead atoms. The molecule has 0 aromatic heterocycles. The van der Waals surface area contributed by atoms with Crippen LogP contribution < -0.4 is 16.0 Å². The summed E-state index contributed by atoms with van der Waals surface area (Å²) in [6.45, 7) is 2.51. The third-order valence-corrected chi connectivity index (χ3v) is 2.34. The van der Waals surface area contributed by atoms with Gasteiger partial charge in [-0.3, -0.25) is 0 Å². The molecule has 0 saturated carbocycles. The maximum Gasteiger partial charge on any atom is 0.317 e. The highest BCUT2D eigenvalue weighted by molar-refractivity contribution is 5.74. The molecule has 2 fully saturated rings. The first-order valence-electron chi connectivity index (χ1n) is 4.74. The van der Waals surface area contributed by atoms with Crippen molar-refractivity contribution in [2.45, 2.75) is 25.1 Å². The number of urea groups is 1. The molecule has 0 aromatic rings. The van der Waals surface area contributed by atoms with E-state index in [1.165, 1.54) is 0 Å². The highest BCUT2D eigenvalue weighted by Gasteiger charge is 2.22. The van der Waals surface area contributed by atoms with Crippen LogP contribution in [-0.4, -0.2) is 38.0 Å². The molecule has 74 valence electrons. The van der Waals surface area contributed by atoms with Crippen molar-refractivity contribution in [3.05, 3.63) is 0 Å². The summed E-state index contributed by atoms with van der Waals surface area (Å²) in [4.78, 5) is 11.3. The highest BCUT2D eigenvalue weighted by Crippen LogP contribution is 2.08. The SMILES string of the molecule is O=C(NC1CNC1)NC1CCCO1. The van der Waals surface area contributed by atoms with Gasteiger partial charge in [0.25, 0.3) is 0 Å². The Hall–Kier alpha value is -0.810. The molecule has 2 aliphatic rings. The van der Waals surface area contributed by atoms with Gasteiger partial charge in [0.1, 0.15) is 6.23 Å². The largest absolute Gasteiger partial charge is 0.358 e. The Bertz CT molecular complexity index is 188. The Kier molecular flexibility index (Phi) is 2.65. The quantitative estimate of drug-likeness (QED) is 0.538. The number of ether oxygens (including phenoxy) is 1. The van der Waals surface area contributed by atoms with Crippen molar-refractivity contribution >= 4 is 6.03 Å². The molecular weight excluding hydrogens is 170 g/mol. The summed E-state index contributed by atoms with van der Waals surface area (Å²) in [5.74, 6) is 0. The minimum atomic E-state index is -0.113. The van der Waals surface area contributed by atoms with Gasteiger partial charge in [-0.05, 0) is 12.8 Å². The fraction of sp³-hybridized carbons (Fsp3) is 0.875. The molecule has 5 nitrogen and oxygen atoms in total. The number of nitrogens with one attached hydrogen (secondary N) is 3. The van der Waals surface area contributed by atoms with Crippen LogP contribution in [0.3, 0.4) is 0 Å². The van der Waals surface area contributed by atoms with Crippen molar-refractivity contribution in [3.8, 4) is 0 Å². The van der Waals surface area contributed by atoms with E-state index in [1.807, 2.05) is 0 Å². The lowest BCUT2D eigenvalue weighted by atomic mass is 10.2. The van der Waals surface area contributed by atoms with Crippen molar-refractivity contribution in [2.75, 3.05) is 19.7 Å². The Morgan fingerprint density at radius 1 is 1.38 bits per heavy atom. The molecule has 0 aromatic carbocycles. The zero-order valence-corrected chi connectivity index (χ0v) is 7.51. The van der Waals surface area contributed by atoms with Crippen LogP contribution in [-0.2, 0) is 4.74 Å². The lowest BCUT2D eigenvalue weighted by Crippen LogP contribution is -2.59. The second-order valence-electron chi connectivity index (χ2n) is 3.47. The lowest BCUT2D eigenvalue weighted by Gasteiger charge is -2.28. The monoisotopic (exact) mass is 185 g/mol. The molecule has 2 aliphatic heterocycles. The van der Waals surface area contributed by atoms with E-state index in [-0.39, 0.29) is 12.3 Å². The molecular formula is C8H15N3O2. The summed E-state index contributed by atoms with van der Waals surface area (Å²) in [6.07, 6.45) is 1.89. The Morgan fingerprint density at radius 3 is 2.77 bits per heavy atom. The predicted octanol–water partition coefficient (Wildman–Crippen LogP) is -0.606. The molecule has 1 atom stereocenters. The minimum absolute atomic E-state index is 0.0759. The van der Waals surface area contributed by atoms with Crippen molar-refractivity contribution < 1.29 is 9.53 Å². The van der Waals surface area contributed by atoms with Crippen LogP contribution in [0.4, 0.5) is 4.79 Å². The summed E-state index contributed by atoms with van der Waals surface area (Å²) in [7, 11) is 0. The lowest BCUT2D eigenvalue weighted by molar-refractivity contribution is 0.0898. The van der Waals surface area contributed by atoms with Gasteiger partial charge in [0.2, 0.25) is 0 Å². The van der Waals surface area contributed by atoms with Crippen LogP contribution in [0.5, 0.6) is 0 Å². The van der Waals surface area contributed by atoms with Crippen molar-refractivity contribution in [2.24, 2.45) is 0 Å². The van der Waals surface area contributed by atoms with Crippen LogP contribution in [0, 0.1) is 0 Å². The molecule has 0 aliphatic carbocycles. The number of hydrogen-bond acceptors (Lipinski definition) is 3. The van der Waals surface area contributed by atoms with Crippen LogP contribution in [0.15, 0.2) is 0 Å². The molecule has 13 heavy (non-hydrogen) atoms. The third kappa shape index (κ3) is 2.32. The Labute approximate surface area is 77.2 Å². The number of hydrogen-bond donors (Lipinski definition) is 3. The van der Waals surface area contributed by atoms with Gasteiger partial charge in [-0.15, -0.1) is 0 Å². The average molecular weight is 185 g/mol. The van der Waals surface area contributed by atoms with E-state index in [1.54, 1.807) is 0 Å². The van der Waals surface area contributed by atoms with Crippen LogP contribution in [0.25, 0.3) is 0 Å². The van der Waals surface area contributed by atoms with Gasteiger partial charge in [-0.2, -0.15) is 0 Å². The topological polar surface area (TPSA) is 62.4 Å². The van der Waals surface area contributed by atoms with Gasteiger partial charge >= 0.3 is 6.03 Å². The summed E-state index contributed by atoms with van der Waals surface area (Å²) >= 11 is 0. The molecule has 2 amide bonds. The molecule has 3 N–H and O–H groups in total. The normalized spacial score (nSPS) is 28.2. The van der Waals surface area contributed by atoms with Gasteiger partial charge in [0, 0.05) is 19.7 Å². The zero-order valence-electron chi connectivity index (χ0n) is 7.51. The summed E-state index contributed by atoms with van der Waals surface area (Å²) in [5, 5.41) is 8.72. The molecule has 2 heterocycles. The number of carbonyl (C=O) groups is 1. The van der Waals surface area contributed by atoms with Gasteiger partial charge in [0.15, 0.2) is 0 Å². The molecule has 0 spiro atoms. The van der Waals surface area contributed by atoms with E-state index in [9.17, 15) is 4.79 Å². The first-order chi connectivity index (χ1) is 6.34. The van der Waals surface area contributed by atoms with E-state index >= 15 is 0 Å². The predicted molar refractivity (Wildman–Crippen MR) is 47.3 cm³/mol. The van der Waals surface area contributed by atoms with E-state index in [4.69, 9.17) is 4.74 Å². The first kappa shape index (κ1) is 8.77. The first-order valence-corrected chi connectivity index (χ1v) is 4.74. The molecule has 1 unspecified atom stereocenters. The molecule has 2 saturated heterocycles. The van der Waals surface area contributed by atoms with Crippen molar-refractivity contribution in [1.82, 2.24) is 16.0 Å². The third-order valence-electron chi connectivity index (χ3n) is 2.34. The molecule has 0 radical (unpaired) electrons. The fourth-order valence-corrected chi connectivity index (χ4v) is 1.46. The second-order valence-corrected chi connectivity index (χ2v) is 3.47. The van der Waals surface area contributed by atoms with E-state index in [2.05, 4.69) is 16.0 Å². The second kappa shape index (κ2) is 3.93. The number of rotatable bonds is 2. The van der Waals surface area contributed by atoms with Crippen LogP contribution >= 0.6 is 0 Å². The number of amides is 2. The highest BCUT2D eigenvalue weighted by atomic mass is 16.5. The van der Waals surface area contributed by atoms with Crippen LogP contribution in [0.2, 0.25) is 0 Å². The van der Waals surface area contributed by atoms with E-state index in [0.29, 0.717) is 6.04 Å². The molecule has 2 rings (SSSR count). The van der Waals surface area contributed by atoms with Gasteiger partial charge < -0.3 is 20.7 Å². The summed E-state index contributed by atoms with van der Waals surface area (Å²) in [6, 6.07) is 0.180. The maximum atomic E-state index is 11.3. The van der Waals surface area contributed by atoms with Gasteiger partial charge in [-0.25, -0.2) is 4.79 Å². The fourth-order valence-electron chi connectivity index (χ4n) is 1.46. The molecule has 5 heteroatoms. The van der Waals surface area contributed by atoms with Gasteiger partial charge in [0.05, 0.1) is 6.04 Å². The van der Waals surface area contributed by atoms with Crippen LogP contribution in [0.1, 0.15) is 12.8 Å². The Morgan fingerprint density at radius 2 is 2.23 bits per heavy atom. The van der Waals surface area contributed by atoms with Gasteiger partial charge in [-0.1, -0.05) is 0 Å². The number of carbonyl (C=O) groups excluding carboxylic acids is 1. The minimum Gasteiger partial charge on any atom is -0.358 e. The summed E-state index contributed by atoms with van der Waals surface area (Å²) in [5.41, 5.74) is 0.